The minimum atomic E-state index is 0.474. The largest absolute Gasteiger partial charge is 0.310 e. The average Bonchev–Trinajstić information content (AvgIpc) is 2.96. The van der Waals surface area contributed by atoms with Crippen molar-refractivity contribution < 1.29 is 0 Å². The minimum Gasteiger partial charge on any atom is -0.310 e. The van der Waals surface area contributed by atoms with Crippen LogP contribution in [0.3, 0.4) is 0 Å². The molecule has 1 saturated carbocycles. The van der Waals surface area contributed by atoms with Crippen LogP contribution in [-0.2, 0) is 0 Å². The summed E-state index contributed by atoms with van der Waals surface area (Å²) < 4.78 is 0. The number of rotatable bonds is 4. The first-order chi connectivity index (χ1) is 7.99. The molecule has 0 heterocycles. The molecule has 1 fully saturated rings. The fourth-order valence-corrected chi connectivity index (χ4v) is 2.57. The van der Waals surface area contributed by atoms with E-state index in [1.165, 1.54) is 35.2 Å². The molecule has 1 aromatic rings. The van der Waals surface area contributed by atoms with Crippen LogP contribution in [0.1, 0.15) is 48.6 Å². The molecular formula is C16H25N. The number of aryl methyl sites for hydroxylation is 3. The second kappa shape index (κ2) is 4.81. The van der Waals surface area contributed by atoms with Crippen molar-refractivity contribution in [1.82, 2.24) is 5.32 Å². The van der Waals surface area contributed by atoms with Crippen LogP contribution in [0.4, 0.5) is 0 Å². The minimum absolute atomic E-state index is 0.474. The SMILES string of the molecule is Cc1cc(C)c(C(C)NCC2CC2C)cc1C. The summed E-state index contributed by atoms with van der Waals surface area (Å²) in [6.07, 6.45) is 1.41. The van der Waals surface area contributed by atoms with Crippen LogP contribution in [0.5, 0.6) is 0 Å². The standard InChI is InChI=1S/C16H25N/c1-10-6-13(4)16(8-11(10)2)14(5)17-9-15-7-12(15)3/h6,8,12,14-15,17H,7,9H2,1-5H3. The van der Waals surface area contributed by atoms with Gasteiger partial charge in [0.1, 0.15) is 0 Å². The first-order valence-corrected chi connectivity index (χ1v) is 6.80. The van der Waals surface area contributed by atoms with Gasteiger partial charge in [-0.2, -0.15) is 0 Å². The molecule has 1 nitrogen and oxygen atoms in total. The molecule has 1 aliphatic rings. The van der Waals surface area contributed by atoms with Crippen molar-refractivity contribution in [3.63, 3.8) is 0 Å². The van der Waals surface area contributed by atoms with Gasteiger partial charge in [0.15, 0.2) is 0 Å². The van der Waals surface area contributed by atoms with Gasteiger partial charge in [0, 0.05) is 6.04 Å². The summed E-state index contributed by atoms with van der Waals surface area (Å²) >= 11 is 0. The van der Waals surface area contributed by atoms with E-state index in [1.807, 2.05) is 0 Å². The quantitative estimate of drug-likeness (QED) is 0.828. The molecule has 0 bridgehead atoms. The van der Waals surface area contributed by atoms with Crippen molar-refractivity contribution in [3.8, 4) is 0 Å². The predicted octanol–water partition coefficient (Wildman–Crippen LogP) is 3.92. The maximum Gasteiger partial charge on any atom is 0.0294 e. The van der Waals surface area contributed by atoms with Gasteiger partial charge in [-0.1, -0.05) is 19.1 Å². The molecule has 1 heteroatoms. The van der Waals surface area contributed by atoms with E-state index in [4.69, 9.17) is 0 Å². The average molecular weight is 231 g/mol. The molecule has 0 amide bonds. The highest BCUT2D eigenvalue weighted by atomic mass is 14.9. The molecule has 1 N–H and O–H groups in total. The van der Waals surface area contributed by atoms with Gasteiger partial charge in [-0.05, 0) is 74.8 Å². The second-order valence-electron chi connectivity index (χ2n) is 5.90. The van der Waals surface area contributed by atoms with Crippen molar-refractivity contribution in [2.75, 3.05) is 6.54 Å². The molecule has 1 aromatic carbocycles. The van der Waals surface area contributed by atoms with Crippen molar-refractivity contribution >= 4 is 0 Å². The summed E-state index contributed by atoms with van der Waals surface area (Å²) in [5.41, 5.74) is 5.67. The number of hydrogen-bond acceptors (Lipinski definition) is 1. The van der Waals surface area contributed by atoms with Crippen LogP contribution in [0, 0.1) is 32.6 Å². The Labute approximate surface area is 106 Å². The van der Waals surface area contributed by atoms with Crippen molar-refractivity contribution in [2.24, 2.45) is 11.8 Å². The molecular weight excluding hydrogens is 206 g/mol. The van der Waals surface area contributed by atoms with E-state index in [1.54, 1.807) is 0 Å². The molecule has 0 aliphatic heterocycles. The van der Waals surface area contributed by atoms with Gasteiger partial charge in [0.25, 0.3) is 0 Å². The van der Waals surface area contributed by atoms with E-state index >= 15 is 0 Å². The van der Waals surface area contributed by atoms with E-state index in [-0.39, 0.29) is 0 Å². The fraction of sp³-hybridized carbons (Fsp3) is 0.625. The summed E-state index contributed by atoms with van der Waals surface area (Å²) in [6.45, 7) is 12.4. The first-order valence-electron chi connectivity index (χ1n) is 6.80. The highest BCUT2D eigenvalue weighted by molar-refractivity contribution is 5.38. The van der Waals surface area contributed by atoms with Gasteiger partial charge >= 0.3 is 0 Å². The lowest BCUT2D eigenvalue weighted by Crippen LogP contribution is -2.22. The van der Waals surface area contributed by atoms with Gasteiger partial charge in [-0.25, -0.2) is 0 Å². The van der Waals surface area contributed by atoms with Crippen LogP contribution >= 0.6 is 0 Å². The van der Waals surface area contributed by atoms with Crippen LogP contribution in [0.25, 0.3) is 0 Å². The van der Waals surface area contributed by atoms with Crippen LogP contribution in [0.2, 0.25) is 0 Å². The first kappa shape index (κ1) is 12.6. The third-order valence-corrected chi connectivity index (χ3v) is 4.31. The summed E-state index contributed by atoms with van der Waals surface area (Å²) in [4.78, 5) is 0. The molecule has 1 aliphatic carbocycles. The van der Waals surface area contributed by atoms with Crippen molar-refractivity contribution in [2.45, 2.75) is 47.1 Å². The summed E-state index contributed by atoms with van der Waals surface area (Å²) in [5.74, 6) is 1.86. The van der Waals surface area contributed by atoms with E-state index in [0.717, 1.165) is 11.8 Å². The topological polar surface area (TPSA) is 12.0 Å². The van der Waals surface area contributed by atoms with Gasteiger partial charge in [0.05, 0.1) is 0 Å². The molecule has 0 spiro atoms. The predicted molar refractivity (Wildman–Crippen MR) is 74.3 cm³/mol. The normalized spacial score (nSPS) is 24.8. The lowest BCUT2D eigenvalue weighted by atomic mass is 9.96. The number of nitrogens with one attached hydrogen (secondary N) is 1. The Kier molecular flexibility index (Phi) is 3.58. The Morgan fingerprint density at radius 2 is 1.76 bits per heavy atom. The monoisotopic (exact) mass is 231 g/mol. The Bertz CT molecular complexity index is 408. The van der Waals surface area contributed by atoms with Gasteiger partial charge in [-0.3, -0.25) is 0 Å². The third kappa shape index (κ3) is 2.90. The molecule has 0 saturated heterocycles. The van der Waals surface area contributed by atoms with Crippen molar-refractivity contribution in [1.29, 1.82) is 0 Å². The molecule has 0 aromatic heterocycles. The van der Waals surface area contributed by atoms with E-state index in [9.17, 15) is 0 Å². The number of benzene rings is 1. The van der Waals surface area contributed by atoms with Crippen LogP contribution < -0.4 is 5.32 Å². The Balaban J connectivity index is 2.02. The van der Waals surface area contributed by atoms with Gasteiger partial charge in [0.2, 0.25) is 0 Å². The molecule has 94 valence electrons. The molecule has 0 radical (unpaired) electrons. The van der Waals surface area contributed by atoms with E-state index < -0.39 is 0 Å². The molecule has 2 rings (SSSR count). The lowest BCUT2D eigenvalue weighted by molar-refractivity contribution is 0.533. The van der Waals surface area contributed by atoms with E-state index in [2.05, 4.69) is 52.1 Å². The zero-order valence-corrected chi connectivity index (χ0v) is 11.8. The highest BCUT2D eigenvalue weighted by Gasteiger charge is 2.32. The summed E-state index contributed by atoms with van der Waals surface area (Å²) in [7, 11) is 0. The summed E-state index contributed by atoms with van der Waals surface area (Å²) in [6, 6.07) is 5.13. The highest BCUT2D eigenvalue weighted by Crippen LogP contribution is 2.37. The number of hydrogen-bond donors (Lipinski definition) is 1. The Morgan fingerprint density at radius 1 is 1.18 bits per heavy atom. The Hall–Kier alpha value is -0.820. The lowest BCUT2D eigenvalue weighted by Gasteiger charge is -2.18. The smallest absolute Gasteiger partial charge is 0.0294 e. The zero-order chi connectivity index (χ0) is 12.6. The maximum atomic E-state index is 3.68. The second-order valence-corrected chi connectivity index (χ2v) is 5.90. The Morgan fingerprint density at radius 3 is 2.35 bits per heavy atom. The molecule has 3 unspecified atom stereocenters. The fourth-order valence-electron chi connectivity index (χ4n) is 2.57. The van der Waals surface area contributed by atoms with Gasteiger partial charge < -0.3 is 5.32 Å². The zero-order valence-electron chi connectivity index (χ0n) is 11.8. The van der Waals surface area contributed by atoms with E-state index in [0.29, 0.717) is 6.04 Å². The summed E-state index contributed by atoms with van der Waals surface area (Å²) in [5, 5.41) is 3.68. The van der Waals surface area contributed by atoms with Gasteiger partial charge in [-0.15, -0.1) is 0 Å². The van der Waals surface area contributed by atoms with Crippen LogP contribution in [-0.4, -0.2) is 6.54 Å². The van der Waals surface area contributed by atoms with Crippen molar-refractivity contribution in [3.05, 3.63) is 34.4 Å². The van der Waals surface area contributed by atoms with Crippen LogP contribution in [0.15, 0.2) is 12.1 Å². The maximum absolute atomic E-state index is 3.68. The third-order valence-electron chi connectivity index (χ3n) is 4.31. The molecule has 17 heavy (non-hydrogen) atoms. The molecule has 3 atom stereocenters.